The van der Waals surface area contributed by atoms with Crippen LogP contribution in [0.1, 0.15) is 66.5 Å². The van der Waals surface area contributed by atoms with Crippen LogP contribution in [-0.2, 0) is 0 Å². The van der Waals surface area contributed by atoms with Gasteiger partial charge in [0.25, 0.3) is 5.91 Å². The summed E-state index contributed by atoms with van der Waals surface area (Å²) in [5, 5.41) is 7.13. The lowest BCUT2D eigenvalue weighted by atomic mass is 9.94. The molecule has 0 spiro atoms. The Morgan fingerprint density at radius 3 is 2.69 bits per heavy atom. The molecule has 0 saturated heterocycles. The van der Waals surface area contributed by atoms with Crippen molar-refractivity contribution >= 4 is 11.7 Å². The summed E-state index contributed by atoms with van der Waals surface area (Å²) in [6.45, 7) is 0.0843. The topological polar surface area (TPSA) is 68.6 Å². The number of aromatic nitrogens is 2. The minimum absolute atomic E-state index is 0.0843. The predicted molar refractivity (Wildman–Crippen MR) is 110 cm³/mol. The Bertz CT molecular complexity index is 1020. The van der Waals surface area contributed by atoms with Crippen LogP contribution in [0.15, 0.2) is 24.4 Å². The van der Waals surface area contributed by atoms with Gasteiger partial charge in [-0.2, -0.15) is 18.3 Å². The maximum Gasteiger partial charge on any atom is 0.410 e. The molecule has 2 aromatic rings. The van der Waals surface area contributed by atoms with E-state index in [1.165, 1.54) is 6.20 Å². The lowest BCUT2D eigenvalue weighted by Gasteiger charge is -2.35. The number of carbonyl (C=O) groups is 1. The number of hydrogen-bond donors (Lipinski definition) is 1. The van der Waals surface area contributed by atoms with Gasteiger partial charge in [0.05, 0.1) is 12.2 Å². The van der Waals surface area contributed by atoms with E-state index < -0.39 is 18.3 Å². The number of ether oxygens (including phenoxy) is 2. The van der Waals surface area contributed by atoms with Crippen molar-refractivity contribution in [2.45, 2.75) is 62.8 Å². The van der Waals surface area contributed by atoms with Gasteiger partial charge in [-0.3, -0.25) is 4.79 Å². The highest BCUT2D eigenvalue weighted by Gasteiger charge is 2.47. The molecule has 7 nitrogen and oxygen atoms in total. The summed E-state index contributed by atoms with van der Waals surface area (Å²) in [4.78, 5) is 14.9. The molecule has 3 heterocycles. The SMILES string of the molecule is CN(C(=O)c1cnn2c1N[C@H](c1ccc3c(c1)OCO3)C[C@H]2C(F)(F)F)C1CCCCC1. The van der Waals surface area contributed by atoms with Gasteiger partial charge in [0.2, 0.25) is 6.79 Å². The zero-order valence-electron chi connectivity index (χ0n) is 17.7. The Hall–Kier alpha value is -2.91. The Kier molecular flexibility index (Phi) is 5.17. The van der Waals surface area contributed by atoms with Gasteiger partial charge in [0.15, 0.2) is 17.5 Å². The van der Waals surface area contributed by atoms with Gasteiger partial charge < -0.3 is 19.7 Å². The summed E-state index contributed by atoms with van der Waals surface area (Å²) in [6.07, 6.45) is 1.56. The molecular formula is C22H25F3N4O3. The third-order valence-electron chi connectivity index (χ3n) is 6.71. The van der Waals surface area contributed by atoms with E-state index in [0.717, 1.165) is 36.8 Å². The smallest absolute Gasteiger partial charge is 0.410 e. The molecule has 2 aliphatic heterocycles. The van der Waals surface area contributed by atoms with Crippen molar-refractivity contribution in [1.29, 1.82) is 0 Å². The number of hydrogen-bond acceptors (Lipinski definition) is 5. The second kappa shape index (κ2) is 7.90. The molecule has 1 N–H and O–H groups in total. The van der Waals surface area contributed by atoms with Crippen LogP contribution >= 0.6 is 0 Å². The molecule has 1 amide bonds. The maximum absolute atomic E-state index is 14.0. The second-order valence-electron chi connectivity index (χ2n) is 8.66. The third-order valence-corrected chi connectivity index (χ3v) is 6.71. The molecule has 2 atom stereocenters. The average Bonchev–Trinajstić information content (AvgIpc) is 3.43. The van der Waals surface area contributed by atoms with Crippen LogP contribution in [0.25, 0.3) is 0 Å². The molecule has 1 saturated carbocycles. The maximum atomic E-state index is 14.0. The van der Waals surface area contributed by atoms with Gasteiger partial charge in [-0.25, -0.2) is 4.68 Å². The molecule has 3 aliphatic rings. The number of halogens is 3. The first-order valence-electron chi connectivity index (χ1n) is 10.9. The number of alkyl halides is 3. The van der Waals surface area contributed by atoms with E-state index in [-0.39, 0.29) is 36.5 Å². The van der Waals surface area contributed by atoms with Crippen molar-refractivity contribution in [3.05, 3.63) is 35.5 Å². The fourth-order valence-corrected chi connectivity index (χ4v) is 4.89. The van der Waals surface area contributed by atoms with E-state index in [9.17, 15) is 18.0 Å². The first-order chi connectivity index (χ1) is 15.3. The summed E-state index contributed by atoms with van der Waals surface area (Å²) in [5.74, 6) is 0.860. The van der Waals surface area contributed by atoms with Gasteiger partial charge in [0.1, 0.15) is 11.4 Å². The largest absolute Gasteiger partial charge is 0.454 e. The van der Waals surface area contributed by atoms with E-state index in [0.29, 0.717) is 17.1 Å². The summed E-state index contributed by atoms with van der Waals surface area (Å²) in [5.41, 5.74) is 0.799. The summed E-state index contributed by atoms with van der Waals surface area (Å²) >= 11 is 0. The number of carbonyl (C=O) groups excluding carboxylic acids is 1. The van der Waals surface area contributed by atoms with Gasteiger partial charge in [-0.05, 0) is 30.5 Å². The first kappa shape index (κ1) is 21.0. The molecule has 32 heavy (non-hydrogen) atoms. The van der Waals surface area contributed by atoms with E-state index in [2.05, 4.69) is 10.4 Å². The molecule has 0 unspecified atom stereocenters. The molecule has 172 valence electrons. The van der Waals surface area contributed by atoms with Crippen LogP contribution < -0.4 is 14.8 Å². The molecular weight excluding hydrogens is 425 g/mol. The number of rotatable bonds is 3. The van der Waals surface area contributed by atoms with Crippen LogP contribution in [0.5, 0.6) is 11.5 Å². The minimum atomic E-state index is -4.51. The van der Waals surface area contributed by atoms with Crippen LogP contribution in [0.4, 0.5) is 19.0 Å². The van der Waals surface area contributed by atoms with E-state index in [4.69, 9.17) is 9.47 Å². The van der Waals surface area contributed by atoms with Gasteiger partial charge in [0, 0.05) is 19.5 Å². The Morgan fingerprint density at radius 1 is 1.19 bits per heavy atom. The number of nitrogens with zero attached hydrogens (tertiary/aromatic N) is 3. The van der Waals surface area contributed by atoms with Crippen LogP contribution in [0, 0.1) is 0 Å². The van der Waals surface area contributed by atoms with Crippen molar-refractivity contribution < 1.29 is 27.4 Å². The summed E-state index contributed by atoms with van der Waals surface area (Å²) in [6, 6.07) is 2.70. The lowest BCUT2D eigenvalue weighted by molar-refractivity contribution is -0.173. The quantitative estimate of drug-likeness (QED) is 0.736. The molecule has 1 aliphatic carbocycles. The zero-order chi connectivity index (χ0) is 22.5. The van der Waals surface area contributed by atoms with Crippen LogP contribution in [0.3, 0.4) is 0 Å². The minimum Gasteiger partial charge on any atom is -0.454 e. The fourth-order valence-electron chi connectivity index (χ4n) is 4.89. The third kappa shape index (κ3) is 3.65. The second-order valence-corrected chi connectivity index (χ2v) is 8.66. The highest BCUT2D eigenvalue weighted by Crippen LogP contribution is 2.46. The highest BCUT2D eigenvalue weighted by molar-refractivity contribution is 5.99. The number of benzene rings is 1. The lowest BCUT2D eigenvalue weighted by Crippen LogP contribution is -2.39. The average molecular weight is 450 g/mol. The van der Waals surface area contributed by atoms with Crippen molar-refractivity contribution in [3.8, 4) is 11.5 Å². The van der Waals surface area contributed by atoms with Crippen molar-refractivity contribution in [1.82, 2.24) is 14.7 Å². The van der Waals surface area contributed by atoms with E-state index in [1.807, 2.05) is 0 Å². The van der Waals surface area contributed by atoms with Crippen LogP contribution in [0.2, 0.25) is 0 Å². The van der Waals surface area contributed by atoms with Crippen molar-refractivity contribution in [2.75, 3.05) is 19.2 Å². The van der Waals surface area contributed by atoms with Crippen molar-refractivity contribution in [3.63, 3.8) is 0 Å². The number of fused-ring (bicyclic) bond motifs is 2. The molecule has 0 bridgehead atoms. The number of nitrogens with one attached hydrogen (secondary N) is 1. The van der Waals surface area contributed by atoms with Gasteiger partial charge >= 0.3 is 6.18 Å². The first-order valence-corrected chi connectivity index (χ1v) is 10.9. The zero-order valence-corrected chi connectivity index (χ0v) is 17.7. The monoisotopic (exact) mass is 450 g/mol. The Labute approximate surface area is 183 Å². The Morgan fingerprint density at radius 2 is 1.94 bits per heavy atom. The Balaban J connectivity index is 1.48. The van der Waals surface area contributed by atoms with E-state index >= 15 is 0 Å². The summed E-state index contributed by atoms with van der Waals surface area (Å²) in [7, 11) is 1.72. The van der Waals surface area contributed by atoms with Gasteiger partial charge in [-0.15, -0.1) is 0 Å². The van der Waals surface area contributed by atoms with E-state index in [1.54, 1.807) is 30.1 Å². The van der Waals surface area contributed by atoms with Crippen LogP contribution in [-0.4, -0.2) is 46.6 Å². The molecule has 5 rings (SSSR count). The highest BCUT2D eigenvalue weighted by atomic mass is 19.4. The summed E-state index contributed by atoms with van der Waals surface area (Å²) < 4.78 is 53.5. The molecule has 0 radical (unpaired) electrons. The molecule has 1 fully saturated rings. The predicted octanol–water partition coefficient (Wildman–Crippen LogP) is 4.68. The molecule has 1 aromatic carbocycles. The molecule has 1 aromatic heterocycles. The number of amides is 1. The van der Waals surface area contributed by atoms with Crippen molar-refractivity contribution in [2.24, 2.45) is 0 Å². The van der Waals surface area contributed by atoms with Gasteiger partial charge in [-0.1, -0.05) is 25.3 Å². The standard InChI is InChI=1S/C22H25F3N4O3/c1-28(14-5-3-2-4-6-14)21(30)15-11-26-29-19(22(23,24)25)10-16(27-20(15)29)13-7-8-17-18(9-13)32-12-31-17/h7-9,11,14,16,19,27H,2-6,10,12H2,1H3/t16-,19-/m0/s1. The number of anilines is 1. The fraction of sp³-hybridized carbons (Fsp3) is 0.545. The molecule has 10 heteroatoms. The normalized spacial score (nSPS) is 22.9.